The number of carbonyl (C=O) groups is 1. The van der Waals surface area contributed by atoms with Gasteiger partial charge in [0.1, 0.15) is 17.9 Å². The lowest BCUT2D eigenvalue weighted by Gasteiger charge is -2.12. The van der Waals surface area contributed by atoms with Crippen molar-refractivity contribution in [2.75, 3.05) is 13.2 Å². The van der Waals surface area contributed by atoms with Gasteiger partial charge in [0.05, 0.1) is 19.3 Å². The number of fused-ring (bicyclic) bond motifs is 1. The van der Waals surface area contributed by atoms with Crippen LogP contribution < -0.4 is 10.5 Å². The lowest BCUT2D eigenvalue weighted by molar-refractivity contribution is -0.142. The SMILES string of the molecule is CCOC(=O)Cc1ccccc1OCc1cc(-c2csc(CCCN)c2)c2occc2c1. The molecule has 32 heavy (non-hydrogen) atoms. The van der Waals surface area contributed by atoms with Gasteiger partial charge in [-0.1, -0.05) is 18.2 Å². The molecular formula is C26H27NO4S. The van der Waals surface area contributed by atoms with Crippen LogP contribution in [0.2, 0.25) is 0 Å². The molecule has 166 valence electrons. The molecule has 0 aliphatic carbocycles. The standard InChI is InChI=1S/C26H27NO4S/c1-2-29-25(28)15-19-6-3-4-8-24(19)31-16-18-12-20-9-11-30-26(20)23(13-18)21-14-22(32-17-21)7-5-10-27/h3-4,6,8-9,11-14,17H,2,5,7,10,15-16,27H2,1H3. The molecule has 4 aromatic rings. The van der Waals surface area contributed by atoms with Crippen LogP contribution in [0.3, 0.4) is 0 Å². The molecular weight excluding hydrogens is 422 g/mol. The fraction of sp³-hybridized carbons (Fsp3) is 0.269. The Bertz CT molecular complexity index is 1190. The topological polar surface area (TPSA) is 74.7 Å². The van der Waals surface area contributed by atoms with Gasteiger partial charge in [0.2, 0.25) is 0 Å². The average Bonchev–Trinajstić information content (AvgIpc) is 3.46. The van der Waals surface area contributed by atoms with Crippen molar-refractivity contribution in [2.24, 2.45) is 5.73 Å². The molecule has 2 aromatic carbocycles. The number of furan rings is 1. The van der Waals surface area contributed by atoms with Crippen LogP contribution >= 0.6 is 11.3 Å². The Morgan fingerprint density at radius 2 is 2.03 bits per heavy atom. The van der Waals surface area contributed by atoms with Gasteiger partial charge in [0.15, 0.2) is 0 Å². The Morgan fingerprint density at radius 3 is 2.88 bits per heavy atom. The first kappa shape index (κ1) is 22.1. The van der Waals surface area contributed by atoms with Crippen LogP contribution in [0, 0.1) is 0 Å². The normalized spacial score (nSPS) is 11.1. The molecule has 2 N–H and O–H groups in total. The molecule has 0 radical (unpaired) electrons. The third kappa shape index (κ3) is 5.21. The molecule has 0 aliphatic heterocycles. The fourth-order valence-electron chi connectivity index (χ4n) is 3.69. The zero-order chi connectivity index (χ0) is 22.3. The minimum atomic E-state index is -0.256. The van der Waals surface area contributed by atoms with E-state index in [1.807, 2.05) is 30.3 Å². The Balaban J connectivity index is 1.56. The summed E-state index contributed by atoms with van der Waals surface area (Å²) in [5, 5.41) is 3.21. The summed E-state index contributed by atoms with van der Waals surface area (Å²) < 4.78 is 17.0. The van der Waals surface area contributed by atoms with E-state index in [0.29, 0.717) is 25.5 Å². The summed E-state index contributed by atoms with van der Waals surface area (Å²) in [7, 11) is 0. The van der Waals surface area contributed by atoms with Gasteiger partial charge in [-0.2, -0.15) is 0 Å². The van der Waals surface area contributed by atoms with Crippen LogP contribution in [0.5, 0.6) is 5.75 Å². The van der Waals surface area contributed by atoms with Gasteiger partial charge in [0, 0.05) is 21.4 Å². The largest absolute Gasteiger partial charge is 0.489 e. The maximum atomic E-state index is 11.9. The predicted octanol–water partition coefficient (Wildman–Crippen LogP) is 5.74. The van der Waals surface area contributed by atoms with Gasteiger partial charge in [-0.25, -0.2) is 0 Å². The second kappa shape index (κ2) is 10.5. The number of hydrogen-bond donors (Lipinski definition) is 1. The van der Waals surface area contributed by atoms with E-state index >= 15 is 0 Å². The zero-order valence-corrected chi connectivity index (χ0v) is 19.0. The quantitative estimate of drug-likeness (QED) is 0.313. The summed E-state index contributed by atoms with van der Waals surface area (Å²) in [4.78, 5) is 13.3. The maximum Gasteiger partial charge on any atom is 0.310 e. The number of esters is 1. The Labute approximate surface area is 191 Å². The molecule has 0 unspecified atom stereocenters. The van der Waals surface area contributed by atoms with Crippen LogP contribution in [0.4, 0.5) is 0 Å². The van der Waals surface area contributed by atoms with E-state index in [0.717, 1.165) is 46.1 Å². The molecule has 0 amide bonds. The summed E-state index contributed by atoms with van der Waals surface area (Å²) in [5.41, 5.74) is 10.6. The Hall–Kier alpha value is -3.09. The second-order valence-electron chi connectivity index (χ2n) is 7.55. The molecule has 0 saturated carbocycles. The van der Waals surface area contributed by atoms with Crippen molar-refractivity contribution in [3.8, 4) is 16.9 Å². The Morgan fingerprint density at radius 1 is 1.16 bits per heavy atom. The van der Waals surface area contributed by atoms with Gasteiger partial charge in [-0.3, -0.25) is 4.79 Å². The van der Waals surface area contributed by atoms with E-state index in [1.165, 1.54) is 4.88 Å². The van der Waals surface area contributed by atoms with Crippen LogP contribution in [-0.2, 0) is 29.0 Å². The van der Waals surface area contributed by atoms with Crippen LogP contribution in [0.1, 0.15) is 29.3 Å². The third-order valence-corrected chi connectivity index (χ3v) is 6.21. The number of thiophene rings is 1. The fourth-order valence-corrected chi connectivity index (χ4v) is 4.62. The highest BCUT2D eigenvalue weighted by molar-refractivity contribution is 7.10. The first-order chi connectivity index (χ1) is 15.7. The molecule has 2 aromatic heterocycles. The van der Waals surface area contributed by atoms with Gasteiger partial charge in [-0.05, 0) is 73.1 Å². The minimum absolute atomic E-state index is 0.191. The summed E-state index contributed by atoms with van der Waals surface area (Å²) in [6.07, 6.45) is 3.88. The second-order valence-corrected chi connectivity index (χ2v) is 8.55. The molecule has 0 saturated heterocycles. The van der Waals surface area contributed by atoms with E-state index < -0.39 is 0 Å². The number of hydrogen-bond acceptors (Lipinski definition) is 6. The van der Waals surface area contributed by atoms with Crippen molar-refractivity contribution in [2.45, 2.75) is 32.8 Å². The number of aryl methyl sites for hydroxylation is 1. The monoisotopic (exact) mass is 449 g/mol. The van der Waals surface area contributed by atoms with Crippen molar-refractivity contribution < 1.29 is 18.7 Å². The molecule has 2 heterocycles. The molecule has 4 rings (SSSR count). The smallest absolute Gasteiger partial charge is 0.310 e. The first-order valence-corrected chi connectivity index (χ1v) is 11.7. The van der Waals surface area contributed by atoms with E-state index in [-0.39, 0.29) is 12.4 Å². The maximum absolute atomic E-state index is 11.9. The third-order valence-electron chi connectivity index (χ3n) is 5.21. The molecule has 0 atom stereocenters. The summed E-state index contributed by atoms with van der Waals surface area (Å²) >= 11 is 1.75. The van der Waals surface area contributed by atoms with Gasteiger partial charge < -0.3 is 19.6 Å². The van der Waals surface area contributed by atoms with Crippen LogP contribution in [0.15, 0.2) is 64.6 Å². The van der Waals surface area contributed by atoms with Crippen molar-refractivity contribution in [1.82, 2.24) is 0 Å². The van der Waals surface area contributed by atoms with Crippen molar-refractivity contribution >= 4 is 28.3 Å². The number of ether oxygens (including phenoxy) is 2. The highest BCUT2D eigenvalue weighted by Gasteiger charge is 2.13. The average molecular weight is 450 g/mol. The molecule has 6 heteroatoms. The predicted molar refractivity (Wildman–Crippen MR) is 128 cm³/mol. The van der Waals surface area contributed by atoms with E-state index in [2.05, 4.69) is 23.6 Å². The summed E-state index contributed by atoms with van der Waals surface area (Å²) in [6, 6.07) is 16.0. The lowest BCUT2D eigenvalue weighted by Crippen LogP contribution is -2.09. The van der Waals surface area contributed by atoms with Crippen molar-refractivity contribution in [1.29, 1.82) is 0 Å². The number of carbonyl (C=O) groups excluding carboxylic acids is 1. The number of rotatable bonds is 10. The lowest BCUT2D eigenvalue weighted by atomic mass is 10.0. The zero-order valence-electron chi connectivity index (χ0n) is 18.1. The molecule has 0 spiro atoms. The van der Waals surface area contributed by atoms with E-state index in [4.69, 9.17) is 19.6 Å². The number of benzene rings is 2. The van der Waals surface area contributed by atoms with Crippen molar-refractivity contribution in [3.63, 3.8) is 0 Å². The van der Waals surface area contributed by atoms with Gasteiger partial charge in [-0.15, -0.1) is 11.3 Å². The Kier molecular flexibility index (Phi) is 7.24. The molecule has 5 nitrogen and oxygen atoms in total. The summed E-state index contributed by atoms with van der Waals surface area (Å²) in [6.45, 7) is 3.25. The van der Waals surface area contributed by atoms with E-state index in [9.17, 15) is 4.79 Å². The number of para-hydroxylation sites is 1. The van der Waals surface area contributed by atoms with Crippen LogP contribution in [-0.4, -0.2) is 19.1 Å². The van der Waals surface area contributed by atoms with E-state index in [1.54, 1.807) is 24.5 Å². The molecule has 0 aliphatic rings. The molecule has 0 fully saturated rings. The highest BCUT2D eigenvalue weighted by atomic mass is 32.1. The van der Waals surface area contributed by atoms with Crippen molar-refractivity contribution in [3.05, 3.63) is 76.2 Å². The highest BCUT2D eigenvalue weighted by Crippen LogP contribution is 2.34. The minimum Gasteiger partial charge on any atom is -0.489 e. The molecule has 0 bridgehead atoms. The van der Waals surface area contributed by atoms with Gasteiger partial charge in [0.25, 0.3) is 0 Å². The summed E-state index contributed by atoms with van der Waals surface area (Å²) in [5.74, 6) is 0.433. The number of nitrogens with two attached hydrogens (primary N) is 1. The van der Waals surface area contributed by atoms with Gasteiger partial charge >= 0.3 is 5.97 Å². The first-order valence-electron chi connectivity index (χ1n) is 10.8. The van der Waals surface area contributed by atoms with Crippen LogP contribution in [0.25, 0.3) is 22.1 Å².